The molecule has 2 N–H and O–H groups in total. The van der Waals surface area contributed by atoms with Gasteiger partial charge < -0.3 is 10.3 Å². The summed E-state index contributed by atoms with van der Waals surface area (Å²) >= 11 is 0. The van der Waals surface area contributed by atoms with E-state index in [1.807, 2.05) is 0 Å². The van der Waals surface area contributed by atoms with E-state index < -0.39 is 4.92 Å². The second kappa shape index (κ2) is 3.89. The zero-order chi connectivity index (χ0) is 12.6. The van der Waals surface area contributed by atoms with Gasteiger partial charge in [0.2, 0.25) is 5.88 Å². The van der Waals surface area contributed by atoms with Gasteiger partial charge in [-0.15, -0.1) is 0 Å². The van der Waals surface area contributed by atoms with Crippen LogP contribution in [0.15, 0.2) is 22.7 Å². The molecule has 0 fully saturated rings. The number of aromatic nitrogens is 1. The standard InChI is InChI=1S/C11H11N3O3/c1-6-4-3-5-8(14(15)16)9(6)10-7(2)11(12)17-13-10/h3-5H,12H2,1-2H3. The van der Waals surface area contributed by atoms with E-state index in [9.17, 15) is 10.1 Å². The minimum absolute atomic E-state index is 0.00130. The van der Waals surface area contributed by atoms with Crippen LogP contribution in [0.2, 0.25) is 0 Å². The van der Waals surface area contributed by atoms with Gasteiger partial charge in [-0.3, -0.25) is 10.1 Å². The van der Waals surface area contributed by atoms with E-state index in [0.29, 0.717) is 16.8 Å². The van der Waals surface area contributed by atoms with Crippen LogP contribution >= 0.6 is 0 Å². The van der Waals surface area contributed by atoms with Crippen molar-refractivity contribution in [1.82, 2.24) is 5.16 Å². The molecule has 0 amide bonds. The molecule has 0 spiro atoms. The van der Waals surface area contributed by atoms with Gasteiger partial charge in [-0.2, -0.15) is 0 Å². The van der Waals surface area contributed by atoms with Crippen molar-refractivity contribution in [2.24, 2.45) is 0 Å². The number of anilines is 1. The van der Waals surface area contributed by atoms with Crippen LogP contribution in [-0.2, 0) is 0 Å². The molecule has 2 rings (SSSR count). The van der Waals surface area contributed by atoms with Gasteiger partial charge >= 0.3 is 0 Å². The fraction of sp³-hybridized carbons (Fsp3) is 0.182. The lowest BCUT2D eigenvalue weighted by Crippen LogP contribution is -1.95. The maximum absolute atomic E-state index is 11.0. The smallest absolute Gasteiger partial charge is 0.279 e. The maximum Gasteiger partial charge on any atom is 0.279 e. The Bertz CT molecular complexity index is 590. The molecule has 1 aromatic carbocycles. The van der Waals surface area contributed by atoms with Gasteiger partial charge in [-0.1, -0.05) is 17.3 Å². The first kappa shape index (κ1) is 11.1. The van der Waals surface area contributed by atoms with E-state index in [1.54, 1.807) is 26.0 Å². The Morgan fingerprint density at radius 1 is 1.41 bits per heavy atom. The summed E-state index contributed by atoms with van der Waals surface area (Å²) in [7, 11) is 0. The predicted octanol–water partition coefficient (Wildman–Crippen LogP) is 2.45. The number of rotatable bonds is 2. The number of benzene rings is 1. The zero-order valence-electron chi connectivity index (χ0n) is 9.43. The van der Waals surface area contributed by atoms with Crippen LogP contribution in [0.5, 0.6) is 0 Å². The summed E-state index contributed by atoms with van der Waals surface area (Å²) < 4.78 is 4.84. The number of nitrogens with two attached hydrogens (primary N) is 1. The molecule has 0 saturated heterocycles. The van der Waals surface area contributed by atoms with Crippen LogP contribution in [0.25, 0.3) is 11.3 Å². The van der Waals surface area contributed by atoms with E-state index >= 15 is 0 Å². The quantitative estimate of drug-likeness (QED) is 0.634. The number of hydrogen-bond donors (Lipinski definition) is 1. The topological polar surface area (TPSA) is 95.2 Å². The number of nitro benzene ring substituents is 1. The van der Waals surface area contributed by atoms with Crippen molar-refractivity contribution in [2.75, 3.05) is 5.73 Å². The molecule has 0 radical (unpaired) electrons. The van der Waals surface area contributed by atoms with Crippen molar-refractivity contribution >= 4 is 11.6 Å². The van der Waals surface area contributed by atoms with Crippen molar-refractivity contribution in [3.63, 3.8) is 0 Å². The molecule has 1 aromatic heterocycles. The SMILES string of the molecule is Cc1cccc([N+](=O)[O-])c1-c1noc(N)c1C. The lowest BCUT2D eigenvalue weighted by molar-refractivity contribution is -0.384. The molecule has 0 unspecified atom stereocenters. The van der Waals surface area contributed by atoms with Crippen molar-refractivity contribution in [3.05, 3.63) is 39.4 Å². The summed E-state index contributed by atoms with van der Waals surface area (Å²) in [6.45, 7) is 3.50. The van der Waals surface area contributed by atoms with Crippen LogP contribution in [0.1, 0.15) is 11.1 Å². The molecule has 0 atom stereocenters. The fourth-order valence-corrected chi connectivity index (χ4v) is 1.69. The summed E-state index contributed by atoms with van der Waals surface area (Å²) in [5.74, 6) is 0.178. The second-order valence-electron chi connectivity index (χ2n) is 3.75. The van der Waals surface area contributed by atoms with E-state index in [2.05, 4.69) is 5.16 Å². The first-order valence-corrected chi connectivity index (χ1v) is 4.98. The third-order valence-electron chi connectivity index (χ3n) is 2.64. The highest BCUT2D eigenvalue weighted by atomic mass is 16.6. The maximum atomic E-state index is 11.0. The molecule has 0 aliphatic rings. The van der Waals surface area contributed by atoms with Crippen molar-refractivity contribution in [1.29, 1.82) is 0 Å². The highest BCUT2D eigenvalue weighted by Crippen LogP contribution is 2.35. The predicted molar refractivity (Wildman–Crippen MR) is 62.5 cm³/mol. The largest absolute Gasteiger partial charge is 0.367 e. The monoisotopic (exact) mass is 233 g/mol. The molecule has 0 aliphatic heterocycles. The Morgan fingerprint density at radius 2 is 2.12 bits per heavy atom. The fourth-order valence-electron chi connectivity index (χ4n) is 1.69. The molecule has 0 aliphatic carbocycles. The van der Waals surface area contributed by atoms with Gasteiger partial charge in [0.15, 0.2) is 0 Å². The molecule has 17 heavy (non-hydrogen) atoms. The molecular weight excluding hydrogens is 222 g/mol. The number of aryl methyl sites for hydroxylation is 1. The number of nitro groups is 1. The molecule has 6 heteroatoms. The second-order valence-corrected chi connectivity index (χ2v) is 3.75. The summed E-state index contributed by atoms with van der Waals surface area (Å²) in [5, 5.41) is 14.8. The Balaban J connectivity index is 2.74. The molecular formula is C11H11N3O3. The van der Waals surface area contributed by atoms with Crippen molar-refractivity contribution in [3.8, 4) is 11.3 Å². The molecule has 0 bridgehead atoms. The zero-order valence-corrected chi connectivity index (χ0v) is 9.43. The Kier molecular flexibility index (Phi) is 2.55. The molecule has 0 saturated carbocycles. The van der Waals surface area contributed by atoms with E-state index in [-0.39, 0.29) is 11.6 Å². The average Bonchev–Trinajstić information content (AvgIpc) is 2.60. The van der Waals surface area contributed by atoms with Gasteiger partial charge in [-0.25, -0.2) is 0 Å². The highest BCUT2D eigenvalue weighted by molar-refractivity contribution is 5.77. The summed E-state index contributed by atoms with van der Waals surface area (Å²) in [6.07, 6.45) is 0. The van der Waals surface area contributed by atoms with E-state index in [1.165, 1.54) is 6.07 Å². The highest BCUT2D eigenvalue weighted by Gasteiger charge is 2.22. The van der Waals surface area contributed by atoms with Gasteiger partial charge in [0.25, 0.3) is 5.69 Å². The minimum atomic E-state index is -0.438. The molecule has 88 valence electrons. The van der Waals surface area contributed by atoms with Crippen molar-refractivity contribution < 1.29 is 9.45 Å². The number of hydrogen-bond acceptors (Lipinski definition) is 5. The lowest BCUT2D eigenvalue weighted by Gasteiger charge is -2.03. The van der Waals surface area contributed by atoms with E-state index in [4.69, 9.17) is 10.3 Å². The third kappa shape index (κ3) is 1.73. The first-order chi connectivity index (χ1) is 8.02. The molecule has 2 aromatic rings. The van der Waals surface area contributed by atoms with Gasteiger partial charge in [0.1, 0.15) is 5.69 Å². The molecule has 1 heterocycles. The Morgan fingerprint density at radius 3 is 2.65 bits per heavy atom. The number of nitrogens with zero attached hydrogens (tertiary/aromatic N) is 2. The summed E-state index contributed by atoms with van der Waals surface area (Å²) in [4.78, 5) is 10.5. The van der Waals surface area contributed by atoms with Gasteiger partial charge in [0.05, 0.1) is 10.5 Å². The van der Waals surface area contributed by atoms with Crippen LogP contribution in [-0.4, -0.2) is 10.1 Å². The minimum Gasteiger partial charge on any atom is -0.367 e. The average molecular weight is 233 g/mol. The van der Waals surface area contributed by atoms with Crippen LogP contribution < -0.4 is 5.73 Å². The first-order valence-electron chi connectivity index (χ1n) is 4.98. The normalized spacial score (nSPS) is 10.5. The third-order valence-corrected chi connectivity index (χ3v) is 2.64. The Hall–Kier alpha value is -2.37. The van der Waals surface area contributed by atoms with Crippen LogP contribution in [0.3, 0.4) is 0 Å². The van der Waals surface area contributed by atoms with Crippen LogP contribution in [0, 0.1) is 24.0 Å². The number of nitrogen functional groups attached to an aromatic ring is 1. The van der Waals surface area contributed by atoms with Crippen molar-refractivity contribution in [2.45, 2.75) is 13.8 Å². The van der Waals surface area contributed by atoms with Crippen LogP contribution in [0.4, 0.5) is 11.6 Å². The Labute approximate surface area is 97.2 Å². The lowest BCUT2D eigenvalue weighted by atomic mass is 10.0. The molecule has 6 nitrogen and oxygen atoms in total. The summed E-state index contributed by atoms with van der Waals surface area (Å²) in [5.41, 5.74) is 7.81. The van der Waals surface area contributed by atoms with E-state index in [0.717, 1.165) is 5.56 Å². The van der Waals surface area contributed by atoms with Gasteiger partial charge in [-0.05, 0) is 19.4 Å². The van der Waals surface area contributed by atoms with Gasteiger partial charge in [0, 0.05) is 11.6 Å². The summed E-state index contributed by atoms with van der Waals surface area (Å²) in [6, 6.07) is 4.86.